The van der Waals surface area contributed by atoms with Crippen LogP contribution in [0.2, 0.25) is 5.02 Å². The van der Waals surface area contributed by atoms with Crippen molar-refractivity contribution in [1.29, 1.82) is 0 Å². The first-order valence-corrected chi connectivity index (χ1v) is 10.0. The minimum absolute atomic E-state index is 0.0876. The van der Waals surface area contributed by atoms with Crippen molar-refractivity contribution >= 4 is 40.2 Å². The molecule has 1 atom stereocenters. The first-order chi connectivity index (χ1) is 13.0. The summed E-state index contributed by atoms with van der Waals surface area (Å²) in [5.74, 6) is 0.0250. The van der Waals surface area contributed by atoms with Gasteiger partial charge in [0.05, 0.1) is 22.7 Å². The van der Waals surface area contributed by atoms with Crippen molar-refractivity contribution in [3.8, 4) is 0 Å². The van der Waals surface area contributed by atoms with Crippen molar-refractivity contribution in [2.24, 2.45) is 0 Å². The summed E-state index contributed by atoms with van der Waals surface area (Å²) in [5.41, 5.74) is 1.42. The Labute approximate surface area is 166 Å². The van der Waals surface area contributed by atoms with E-state index in [1.807, 2.05) is 44.2 Å². The number of para-hydroxylation sites is 1. The van der Waals surface area contributed by atoms with Gasteiger partial charge >= 0.3 is 0 Å². The summed E-state index contributed by atoms with van der Waals surface area (Å²) in [5, 5.41) is 4.68. The highest BCUT2D eigenvalue weighted by molar-refractivity contribution is 7.99. The van der Waals surface area contributed by atoms with Gasteiger partial charge in [-0.1, -0.05) is 53.7 Å². The van der Waals surface area contributed by atoms with Gasteiger partial charge in [-0.3, -0.25) is 14.2 Å². The summed E-state index contributed by atoms with van der Waals surface area (Å²) >= 11 is 7.44. The first-order valence-electron chi connectivity index (χ1n) is 8.67. The molecule has 140 valence electrons. The van der Waals surface area contributed by atoms with E-state index in [1.165, 1.54) is 11.8 Å². The summed E-state index contributed by atoms with van der Waals surface area (Å²) in [6, 6.07) is 14.5. The molecular formula is C20H20ClN3O2S. The number of amides is 1. The molecule has 2 aromatic carbocycles. The molecule has 27 heavy (non-hydrogen) atoms. The van der Waals surface area contributed by atoms with Crippen LogP contribution >= 0.6 is 23.4 Å². The Morgan fingerprint density at radius 1 is 1.22 bits per heavy atom. The van der Waals surface area contributed by atoms with E-state index in [-0.39, 0.29) is 23.3 Å². The van der Waals surface area contributed by atoms with E-state index < -0.39 is 0 Å². The largest absolute Gasteiger partial charge is 0.349 e. The van der Waals surface area contributed by atoms with Crippen LogP contribution in [0, 0.1) is 0 Å². The summed E-state index contributed by atoms with van der Waals surface area (Å²) in [6.07, 6.45) is 0. The molecule has 1 amide bonds. The van der Waals surface area contributed by atoms with Gasteiger partial charge in [0.15, 0.2) is 5.16 Å². The van der Waals surface area contributed by atoms with Gasteiger partial charge < -0.3 is 5.32 Å². The van der Waals surface area contributed by atoms with Crippen molar-refractivity contribution in [2.45, 2.75) is 31.6 Å². The average Bonchev–Trinajstić information content (AvgIpc) is 2.67. The Bertz CT molecular complexity index is 1040. The zero-order valence-corrected chi connectivity index (χ0v) is 16.7. The highest BCUT2D eigenvalue weighted by Gasteiger charge is 2.15. The molecular weight excluding hydrogens is 382 g/mol. The number of aromatic nitrogens is 2. The third kappa shape index (κ3) is 4.34. The molecule has 0 aliphatic rings. The molecule has 0 fully saturated rings. The Balaban J connectivity index is 1.74. The van der Waals surface area contributed by atoms with Gasteiger partial charge in [0.2, 0.25) is 5.91 Å². The molecule has 0 unspecified atom stereocenters. The normalized spacial score (nSPS) is 12.1. The van der Waals surface area contributed by atoms with Gasteiger partial charge in [0.25, 0.3) is 5.56 Å². The Kier molecular flexibility index (Phi) is 6.19. The number of hydrogen-bond acceptors (Lipinski definition) is 4. The number of rotatable bonds is 6. The highest BCUT2D eigenvalue weighted by atomic mass is 35.5. The predicted molar refractivity (Wildman–Crippen MR) is 110 cm³/mol. The fraction of sp³-hybridized carbons (Fsp3) is 0.250. The smallest absolute Gasteiger partial charge is 0.262 e. The molecule has 0 bridgehead atoms. The van der Waals surface area contributed by atoms with E-state index >= 15 is 0 Å². The SMILES string of the molecule is CCn1c(SCC(=O)N[C@H](C)c2ccccc2Cl)nc2ccccc2c1=O. The Hall–Kier alpha value is -2.31. The summed E-state index contributed by atoms with van der Waals surface area (Å²) in [7, 11) is 0. The third-order valence-electron chi connectivity index (χ3n) is 4.22. The van der Waals surface area contributed by atoms with E-state index in [9.17, 15) is 9.59 Å². The maximum absolute atomic E-state index is 12.6. The number of carbonyl (C=O) groups excluding carboxylic acids is 1. The van der Waals surface area contributed by atoms with Gasteiger partial charge in [-0.05, 0) is 37.6 Å². The van der Waals surface area contributed by atoms with Crippen LogP contribution in [0.15, 0.2) is 58.5 Å². The number of benzene rings is 2. The van der Waals surface area contributed by atoms with Crippen molar-refractivity contribution in [3.05, 3.63) is 69.5 Å². The zero-order chi connectivity index (χ0) is 19.4. The van der Waals surface area contributed by atoms with Crippen LogP contribution in [0.25, 0.3) is 10.9 Å². The molecule has 0 saturated carbocycles. The lowest BCUT2D eigenvalue weighted by atomic mass is 10.1. The zero-order valence-electron chi connectivity index (χ0n) is 15.1. The fourth-order valence-corrected chi connectivity index (χ4v) is 4.03. The van der Waals surface area contributed by atoms with Crippen molar-refractivity contribution in [2.75, 3.05) is 5.75 Å². The number of halogens is 1. The molecule has 5 nitrogen and oxygen atoms in total. The van der Waals surface area contributed by atoms with Gasteiger partial charge in [0.1, 0.15) is 0 Å². The quantitative estimate of drug-likeness (QED) is 0.500. The van der Waals surface area contributed by atoms with Crippen LogP contribution < -0.4 is 10.9 Å². The van der Waals surface area contributed by atoms with Crippen LogP contribution in [-0.4, -0.2) is 21.2 Å². The minimum Gasteiger partial charge on any atom is -0.349 e. The van der Waals surface area contributed by atoms with Crippen molar-refractivity contribution in [1.82, 2.24) is 14.9 Å². The molecule has 0 aliphatic carbocycles. The maximum Gasteiger partial charge on any atom is 0.262 e. The van der Waals surface area contributed by atoms with Crippen LogP contribution in [-0.2, 0) is 11.3 Å². The number of thioether (sulfide) groups is 1. The maximum atomic E-state index is 12.6. The second kappa shape index (κ2) is 8.59. The number of nitrogens with zero attached hydrogens (tertiary/aromatic N) is 2. The molecule has 0 aliphatic heterocycles. The van der Waals surface area contributed by atoms with Crippen molar-refractivity contribution in [3.63, 3.8) is 0 Å². The molecule has 0 spiro atoms. The topological polar surface area (TPSA) is 64.0 Å². The lowest BCUT2D eigenvalue weighted by Crippen LogP contribution is -2.29. The van der Waals surface area contributed by atoms with E-state index in [4.69, 9.17) is 11.6 Å². The minimum atomic E-state index is -0.204. The lowest BCUT2D eigenvalue weighted by molar-refractivity contribution is -0.119. The third-order valence-corrected chi connectivity index (χ3v) is 5.55. The molecule has 1 N–H and O–H groups in total. The number of fused-ring (bicyclic) bond motifs is 1. The standard InChI is InChI=1S/C20H20ClN3O2S/c1-3-24-19(26)15-9-5-7-11-17(15)23-20(24)27-12-18(25)22-13(2)14-8-4-6-10-16(14)21/h4-11,13H,3,12H2,1-2H3,(H,22,25)/t13-/m1/s1. The predicted octanol–water partition coefficient (Wildman–Crippen LogP) is 4.04. The number of carbonyl (C=O) groups is 1. The second-order valence-corrected chi connectivity index (χ2v) is 7.41. The summed E-state index contributed by atoms with van der Waals surface area (Å²) < 4.78 is 1.60. The van der Waals surface area contributed by atoms with Crippen molar-refractivity contribution < 1.29 is 4.79 Å². The fourth-order valence-electron chi connectivity index (χ4n) is 2.85. The Morgan fingerprint density at radius 2 is 1.93 bits per heavy atom. The van der Waals surface area contributed by atoms with Gasteiger partial charge in [-0.25, -0.2) is 4.98 Å². The second-order valence-electron chi connectivity index (χ2n) is 6.06. The molecule has 7 heteroatoms. The van der Waals surface area contributed by atoms with E-state index in [0.717, 1.165) is 5.56 Å². The van der Waals surface area contributed by atoms with Gasteiger partial charge in [0, 0.05) is 11.6 Å². The summed E-state index contributed by atoms with van der Waals surface area (Å²) in [6.45, 7) is 4.28. The molecule has 1 aromatic heterocycles. The van der Waals surface area contributed by atoms with Gasteiger partial charge in [-0.2, -0.15) is 0 Å². The van der Waals surface area contributed by atoms with E-state index in [0.29, 0.717) is 27.6 Å². The molecule has 0 saturated heterocycles. The van der Waals surface area contributed by atoms with Crippen LogP contribution in [0.5, 0.6) is 0 Å². The number of hydrogen-bond donors (Lipinski definition) is 1. The summed E-state index contributed by atoms with van der Waals surface area (Å²) in [4.78, 5) is 29.5. The molecule has 1 heterocycles. The number of nitrogens with one attached hydrogen (secondary N) is 1. The monoisotopic (exact) mass is 401 g/mol. The molecule has 0 radical (unpaired) electrons. The molecule has 3 rings (SSSR count). The Morgan fingerprint density at radius 3 is 2.67 bits per heavy atom. The average molecular weight is 402 g/mol. The first kappa shape index (κ1) is 19.5. The van der Waals surface area contributed by atoms with E-state index in [1.54, 1.807) is 22.8 Å². The molecule has 3 aromatic rings. The highest BCUT2D eigenvalue weighted by Crippen LogP contribution is 2.23. The van der Waals surface area contributed by atoms with Crippen LogP contribution in [0.3, 0.4) is 0 Å². The van der Waals surface area contributed by atoms with Crippen LogP contribution in [0.4, 0.5) is 0 Å². The van der Waals surface area contributed by atoms with Gasteiger partial charge in [-0.15, -0.1) is 0 Å². The van der Waals surface area contributed by atoms with Crippen LogP contribution in [0.1, 0.15) is 25.5 Å². The van der Waals surface area contributed by atoms with E-state index in [2.05, 4.69) is 10.3 Å². The lowest BCUT2D eigenvalue weighted by Gasteiger charge is -2.16.